The number of thioether (sulfide) groups is 1. The summed E-state index contributed by atoms with van der Waals surface area (Å²) in [5, 5.41) is 0.679. The molecule has 2 aliphatic heterocycles. The van der Waals surface area contributed by atoms with E-state index in [1.807, 2.05) is 18.2 Å². The van der Waals surface area contributed by atoms with Crippen LogP contribution in [-0.2, 0) is 9.53 Å². The van der Waals surface area contributed by atoms with E-state index in [1.165, 1.54) is 11.8 Å². The summed E-state index contributed by atoms with van der Waals surface area (Å²) < 4.78 is 6.19. The molecule has 3 rings (SSSR count). The van der Waals surface area contributed by atoms with Gasteiger partial charge in [-0.1, -0.05) is 47.7 Å². The molecular weight excluding hydrogens is 326 g/mol. The Morgan fingerprint density at radius 3 is 2.86 bits per heavy atom. The summed E-state index contributed by atoms with van der Waals surface area (Å²) in [7, 11) is 0. The molecule has 2 fully saturated rings. The largest absolute Gasteiger partial charge is 0.376 e. The zero-order valence-corrected chi connectivity index (χ0v) is 13.6. The van der Waals surface area contributed by atoms with Gasteiger partial charge >= 0.3 is 0 Å². The highest BCUT2D eigenvalue weighted by Crippen LogP contribution is 2.33. The molecule has 1 atom stereocenters. The first-order valence-corrected chi connectivity index (χ1v) is 8.36. The van der Waals surface area contributed by atoms with Crippen LogP contribution in [0.4, 0.5) is 0 Å². The molecule has 0 aromatic heterocycles. The average molecular weight is 340 g/mol. The molecule has 2 aliphatic rings. The molecule has 0 N–H and O–H groups in total. The van der Waals surface area contributed by atoms with Crippen molar-refractivity contribution in [3.63, 3.8) is 0 Å². The lowest BCUT2D eigenvalue weighted by atomic mass is 10.2. The number of nitrogens with zero attached hydrogens (tertiary/aromatic N) is 1. The summed E-state index contributed by atoms with van der Waals surface area (Å²) in [6, 6.07) is 7.38. The Hall–Kier alpha value is -0.880. The zero-order chi connectivity index (χ0) is 14.8. The van der Waals surface area contributed by atoms with Gasteiger partial charge in [0.25, 0.3) is 5.91 Å². The number of hydrogen-bond acceptors (Lipinski definition) is 4. The van der Waals surface area contributed by atoms with E-state index in [0.717, 1.165) is 25.0 Å². The molecule has 21 heavy (non-hydrogen) atoms. The Kier molecular flexibility index (Phi) is 4.64. The Bertz CT molecular complexity index is 594. The molecule has 3 nitrogen and oxygen atoms in total. The number of carbonyl (C=O) groups excluding carboxylic acids is 1. The fourth-order valence-electron chi connectivity index (χ4n) is 2.36. The number of carbonyl (C=O) groups is 1. The summed E-state index contributed by atoms with van der Waals surface area (Å²) in [6.07, 6.45) is 4.01. The maximum absolute atomic E-state index is 12.4. The van der Waals surface area contributed by atoms with Gasteiger partial charge in [0.15, 0.2) is 0 Å². The second-order valence-electron chi connectivity index (χ2n) is 4.98. The van der Waals surface area contributed by atoms with Crippen LogP contribution in [0.15, 0.2) is 29.2 Å². The number of hydrogen-bond donors (Lipinski definition) is 0. The molecular formula is C15H14ClNO2S2. The maximum atomic E-state index is 12.4. The zero-order valence-electron chi connectivity index (χ0n) is 11.3. The van der Waals surface area contributed by atoms with Gasteiger partial charge in [0, 0.05) is 11.6 Å². The highest BCUT2D eigenvalue weighted by Gasteiger charge is 2.34. The van der Waals surface area contributed by atoms with Crippen molar-refractivity contribution in [2.24, 2.45) is 0 Å². The van der Waals surface area contributed by atoms with Crippen molar-refractivity contribution in [1.82, 2.24) is 4.90 Å². The van der Waals surface area contributed by atoms with Crippen molar-refractivity contribution in [2.45, 2.75) is 18.9 Å². The highest BCUT2D eigenvalue weighted by molar-refractivity contribution is 8.26. The summed E-state index contributed by atoms with van der Waals surface area (Å²) in [5.41, 5.74) is 0.942. The van der Waals surface area contributed by atoms with E-state index in [0.29, 0.717) is 20.8 Å². The molecule has 2 saturated heterocycles. The van der Waals surface area contributed by atoms with Crippen molar-refractivity contribution in [1.29, 1.82) is 0 Å². The molecule has 1 aromatic carbocycles. The SMILES string of the molecule is O=C1/C(=C/c2ccc(Cl)cc2)SC(=S)N1C[C@@H]1CCCO1. The topological polar surface area (TPSA) is 29.5 Å². The number of halogens is 1. The van der Waals surface area contributed by atoms with Crippen LogP contribution in [-0.4, -0.2) is 34.4 Å². The maximum Gasteiger partial charge on any atom is 0.266 e. The van der Waals surface area contributed by atoms with E-state index in [-0.39, 0.29) is 12.0 Å². The van der Waals surface area contributed by atoms with Crippen molar-refractivity contribution in [3.05, 3.63) is 39.8 Å². The number of benzene rings is 1. The lowest BCUT2D eigenvalue weighted by Gasteiger charge is -2.18. The minimum atomic E-state index is -0.0320. The highest BCUT2D eigenvalue weighted by atomic mass is 35.5. The molecule has 110 valence electrons. The van der Waals surface area contributed by atoms with Crippen molar-refractivity contribution in [2.75, 3.05) is 13.2 Å². The fraction of sp³-hybridized carbons (Fsp3) is 0.333. The van der Waals surface area contributed by atoms with Gasteiger partial charge in [-0.2, -0.15) is 0 Å². The van der Waals surface area contributed by atoms with E-state index in [4.69, 9.17) is 28.6 Å². The predicted octanol–water partition coefficient (Wildman–Crippen LogP) is 3.72. The third kappa shape index (κ3) is 3.48. The third-order valence-corrected chi connectivity index (χ3v) is 5.08. The number of thiocarbonyl (C=S) groups is 1. The summed E-state index contributed by atoms with van der Waals surface area (Å²) >= 11 is 12.5. The molecule has 0 unspecified atom stereocenters. The minimum Gasteiger partial charge on any atom is -0.376 e. The van der Waals surface area contributed by atoms with E-state index in [1.54, 1.807) is 17.0 Å². The molecule has 0 aliphatic carbocycles. The first-order valence-electron chi connectivity index (χ1n) is 6.76. The number of amides is 1. The normalized spacial score (nSPS) is 24.3. The standard InChI is InChI=1S/C15H14ClNO2S2/c16-11-5-3-10(4-6-11)8-13-14(18)17(15(20)21-13)9-12-2-1-7-19-12/h3-6,8,12H,1-2,7,9H2/b13-8-/t12-/m0/s1. The predicted molar refractivity (Wildman–Crippen MR) is 90.3 cm³/mol. The van der Waals surface area contributed by atoms with Gasteiger partial charge in [0.05, 0.1) is 17.6 Å². The molecule has 0 radical (unpaired) electrons. The summed E-state index contributed by atoms with van der Waals surface area (Å²) in [6.45, 7) is 1.34. The fourth-order valence-corrected chi connectivity index (χ4v) is 3.76. The van der Waals surface area contributed by atoms with Gasteiger partial charge in [0.1, 0.15) is 4.32 Å². The molecule has 6 heteroatoms. The Morgan fingerprint density at radius 1 is 1.43 bits per heavy atom. The molecule has 0 spiro atoms. The second kappa shape index (κ2) is 6.48. The van der Waals surface area contributed by atoms with E-state index >= 15 is 0 Å². The van der Waals surface area contributed by atoms with Crippen LogP contribution in [0.5, 0.6) is 0 Å². The molecule has 1 aromatic rings. The number of rotatable bonds is 3. The van der Waals surface area contributed by atoms with Crippen LogP contribution in [0, 0.1) is 0 Å². The van der Waals surface area contributed by atoms with E-state index < -0.39 is 0 Å². The lowest BCUT2D eigenvalue weighted by molar-refractivity contribution is -0.123. The molecule has 1 amide bonds. The van der Waals surface area contributed by atoms with Crippen LogP contribution < -0.4 is 0 Å². The Morgan fingerprint density at radius 2 is 2.19 bits per heavy atom. The van der Waals surface area contributed by atoms with Gasteiger partial charge in [-0.05, 0) is 36.6 Å². The van der Waals surface area contributed by atoms with Gasteiger partial charge < -0.3 is 4.74 Å². The van der Waals surface area contributed by atoms with Crippen LogP contribution in [0.2, 0.25) is 5.02 Å². The first-order chi connectivity index (χ1) is 10.1. The van der Waals surface area contributed by atoms with Crippen LogP contribution >= 0.6 is 35.6 Å². The Balaban J connectivity index is 1.74. The Labute approximate surface area is 138 Å². The minimum absolute atomic E-state index is 0.0320. The molecule has 0 bridgehead atoms. The second-order valence-corrected chi connectivity index (χ2v) is 7.09. The van der Waals surface area contributed by atoms with E-state index in [2.05, 4.69) is 0 Å². The lowest BCUT2D eigenvalue weighted by Crippen LogP contribution is -2.35. The third-order valence-electron chi connectivity index (χ3n) is 3.45. The van der Waals surface area contributed by atoms with Gasteiger partial charge in [-0.15, -0.1) is 0 Å². The van der Waals surface area contributed by atoms with Gasteiger partial charge in [-0.25, -0.2) is 0 Å². The average Bonchev–Trinajstić information content (AvgIpc) is 3.06. The monoisotopic (exact) mass is 339 g/mol. The number of ether oxygens (including phenoxy) is 1. The van der Waals surface area contributed by atoms with Gasteiger partial charge in [-0.3, -0.25) is 9.69 Å². The van der Waals surface area contributed by atoms with Crippen molar-refractivity contribution < 1.29 is 9.53 Å². The summed E-state index contributed by atoms with van der Waals surface area (Å²) in [5.74, 6) is -0.0320. The van der Waals surface area contributed by atoms with E-state index in [9.17, 15) is 4.79 Å². The van der Waals surface area contributed by atoms with Gasteiger partial charge in [0.2, 0.25) is 0 Å². The van der Waals surface area contributed by atoms with Crippen LogP contribution in [0.25, 0.3) is 6.08 Å². The summed E-state index contributed by atoms with van der Waals surface area (Å²) in [4.78, 5) is 14.7. The first kappa shape index (κ1) is 15.0. The van der Waals surface area contributed by atoms with Crippen LogP contribution in [0.3, 0.4) is 0 Å². The molecule has 2 heterocycles. The van der Waals surface area contributed by atoms with Crippen LogP contribution in [0.1, 0.15) is 18.4 Å². The van der Waals surface area contributed by atoms with Crippen molar-refractivity contribution in [3.8, 4) is 0 Å². The smallest absolute Gasteiger partial charge is 0.266 e. The quantitative estimate of drug-likeness (QED) is 0.620. The molecule has 0 saturated carbocycles. The van der Waals surface area contributed by atoms with Crippen molar-refractivity contribution >= 4 is 51.9 Å².